The van der Waals surface area contributed by atoms with E-state index in [1.807, 2.05) is 0 Å². The number of carboxylic acids is 1. The van der Waals surface area contributed by atoms with E-state index in [2.05, 4.69) is 0 Å². The van der Waals surface area contributed by atoms with Crippen LogP contribution in [0.15, 0.2) is 11.5 Å². The van der Waals surface area contributed by atoms with Gasteiger partial charge in [0.2, 0.25) is 0 Å². The third-order valence-electron chi connectivity index (χ3n) is 0.712. The standard InChI is InChI=1S/C6H10O3S/c1-9-3-5-10-4-2-6(7)8/h2,4H,3,5H2,1H3,(H,7,8). The SMILES string of the molecule is COCCSC=CC(=O)O. The molecule has 0 saturated carbocycles. The lowest BCUT2D eigenvalue weighted by molar-refractivity contribution is -0.131. The molecule has 4 heteroatoms. The summed E-state index contributed by atoms with van der Waals surface area (Å²) in [5, 5.41) is 9.68. The van der Waals surface area contributed by atoms with Gasteiger partial charge in [0, 0.05) is 18.9 Å². The van der Waals surface area contributed by atoms with Gasteiger partial charge in [0.1, 0.15) is 0 Å². The van der Waals surface area contributed by atoms with Crippen molar-refractivity contribution in [2.24, 2.45) is 0 Å². The summed E-state index contributed by atoms with van der Waals surface area (Å²) in [7, 11) is 1.61. The second-order valence-corrected chi connectivity index (χ2v) is 2.52. The smallest absolute Gasteiger partial charge is 0.328 e. The highest BCUT2D eigenvalue weighted by molar-refractivity contribution is 8.02. The molecule has 0 heterocycles. The van der Waals surface area contributed by atoms with Crippen molar-refractivity contribution < 1.29 is 14.6 Å². The molecule has 1 N–H and O–H groups in total. The number of hydrogen-bond donors (Lipinski definition) is 1. The molecule has 3 nitrogen and oxygen atoms in total. The predicted octanol–water partition coefficient (Wildman–Crippen LogP) is 0.964. The Labute approximate surface area is 64.1 Å². The van der Waals surface area contributed by atoms with Gasteiger partial charge in [0.25, 0.3) is 0 Å². The predicted molar refractivity (Wildman–Crippen MR) is 41.1 cm³/mol. The summed E-state index contributed by atoms with van der Waals surface area (Å²) in [5.74, 6) is -0.120. The van der Waals surface area contributed by atoms with Crippen LogP contribution in [0.1, 0.15) is 0 Å². The molecule has 0 spiro atoms. The monoisotopic (exact) mass is 162 g/mol. The maximum atomic E-state index is 9.90. The first kappa shape index (κ1) is 9.52. The molecule has 58 valence electrons. The van der Waals surface area contributed by atoms with E-state index in [1.54, 1.807) is 12.5 Å². The highest BCUT2D eigenvalue weighted by Gasteiger charge is 1.85. The fourth-order valence-corrected chi connectivity index (χ4v) is 0.917. The molecule has 0 aromatic carbocycles. The van der Waals surface area contributed by atoms with Crippen LogP contribution >= 0.6 is 11.8 Å². The average Bonchev–Trinajstić information content (AvgIpc) is 1.87. The van der Waals surface area contributed by atoms with Crippen LogP contribution in [0.4, 0.5) is 0 Å². The van der Waals surface area contributed by atoms with Crippen LogP contribution < -0.4 is 0 Å². The molecule has 0 rings (SSSR count). The van der Waals surface area contributed by atoms with Gasteiger partial charge in [-0.15, -0.1) is 11.8 Å². The van der Waals surface area contributed by atoms with Gasteiger partial charge in [-0.2, -0.15) is 0 Å². The minimum Gasteiger partial charge on any atom is -0.478 e. The topological polar surface area (TPSA) is 46.5 Å². The van der Waals surface area contributed by atoms with Crippen molar-refractivity contribution in [2.75, 3.05) is 19.5 Å². The molecule has 0 aliphatic rings. The Kier molecular flexibility index (Phi) is 6.32. The molecule has 0 aliphatic heterocycles. The third kappa shape index (κ3) is 7.52. The number of hydrogen-bond acceptors (Lipinski definition) is 3. The molecule has 0 aromatic heterocycles. The minimum absolute atomic E-state index is 0.647. The number of aliphatic carboxylic acids is 1. The molecule has 0 atom stereocenters. The average molecular weight is 162 g/mol. The van der Waals surface area contributed by atoms with Crippen molar-refractivity contribution in [1.82, 2.24) is 0 Å². The Balaban J connectivity index is 3.10. The summed E-state index contributed by atoms with van der Waals surface area (Å²) in [6.45, 7) is 0.647. The number of carboxylic acid groups (broad SMARTS) is 1. The van der Waals surface area contributed by atoms with E-state index < -0.39 is 5.97 Å². The van der Waals surface area contributed by atoms with E-state index in [4.69, 9.17) is 9.84 Å². The normalized spacial score (nSPS) is 10.5. The number of methoxy groups -OCH3 is 1. The zero-order valence-electron chi connectivity index (χ0n) is 5.74. The Bertz CT molecular complexity index is 122. The van der Waals surface area contributed by atoms with Gasteiger partial charge in [0.05, 0.1) is 6.61 Å². The molecule has 0 amide bonds. The number of rotatable bonds is 5. The van der Waals surface area contributed by atoms with Crippen LogP contribution in [0.25, 0.3) is 0 Å². The summed E-state index contributed by atoms with van der Waals surface area (Å²) in [6, 6.07) is 0. The Morgan fingerprint density at radius 2 is 2.50 bits per heavy atom. The Morgan fingerprint density at radius 3 is 3.00 bits per heavy atom. The van der Waals surface area contributed by atoms with Crippen LogP contribution in [0, 0.1) is 0 Å². The zero-order chi connectivity index (χ0) is 7.82. The molecule has 0 saturated heterocycles. The van der Waals surface area contributed by atoms with Gasteiger partial charge in [-0.25, -0.2) is 4.79 Å². The van der Waals surface area contributed by atoms with Crippen LogP contribution in [-0.4, -0.2) is 30.5 Å². The van der Waals surface area contributed by atoms with Crippen LogP contribution in [0.5, 0.6) is 0 Å². The van der Waals surface area contributed by atoms with Crippen molar-refractivity contribution in [3.05, 3.63) is 11.5 Å². The zero-order valence-corrected chi connectivity index (χ0v) is 6.56. The lowest BCUT2D eigenvalue weighted by Crippen LogP contribution is -1.90. The van der Waals surface area contributed by atoms with Crippen LogP contribution in [0.2, 0.25) is 0 Å². The van der Waals surface area contributed by atoms with Gasteiger partial charge in [-0.3, -0.25) is 0 Å². The summed E-state index contributed by atoms with van der Waals surface area (Å²) in [6.07, 6.45) is 1.11. The van der Waals surface area contributed by atoms with E-state index in [9.17, 15) is 4.79 Å². The molecule has 0 fully saturated rings. The molecular weight excluding hydrogens is 152 g/mol. The Hall–Kier alpha value is -0.480. The van der Waals surface area contributed by atoms with Gasteiger partial charge < -0.3 is 9.84 Å². The first-order valence-electron chi connectivity index (χ1n) is 2.77. The molecule has 0 aliphatic carbocycles. The van der Waals surface area contributed by atoms with Crippen LogP contribution in [-0.2, 0) is 9.53 Å². The van der Waals surface area contributed by atoms with Gasteiger partial charge >= 0.3 is 5.97 Å². The number of carbonyl (C=O) groups is 1. The molecule has 10 heavy (non-hydrogen) atoms. The van der Waals surface area contributed by atoms with Gasteiger partial charge in [-0.05, 0) is 5.41 Å². The second kappa shape index (κ2) is 6.64. The molecule has 0 unspecified atom stereocenters. The first-order chi connectivity index (χ1) is 4.77. The van der Waals surface area contributed by atoms with Crippen molar-refractivity contribution in [3.63, 3.8) is 0 Å². The first-order valence-corrected chi connectivity index (χ1v) is 3.82. The van der Waals surface area contributed by atoms with Crippen molar-refractivity contribution in [3.8, 4) is 0 Å². The van der Waals surface area contributed by atoms with E-state index in [-0.39, 0.29) is 0 Å². The summed E-state index contributed by atoms with van der Waals surface area (Å²) >= 11 is 1.42. The Morgan fingerprint density at radius 1 is 1.80 bits per heavy atom. The summed E-state index contributed by atoms with van der Waals surface area (Å²) in [5.41, 5.74) is 0. The highest BCUT2D eigenvalue weighted by Crippen LogP contribution is 2.00. The molecule has 0 bridgehead atoms. The number of ether oxygens (including phenoxy) is 1. The summed E-state index contributed by atoms with van der Waals surface area (Å²) in [4.78, 5) is 9.90. The number of thioether (sulfide) groups is 1. The maximum absolute atomic E-state index is 9.90. The lowest BCUT2D eigenvalue weighted by atomic mass is 10.7. The summed E-state index contributed by atoms with van der Waals surface area (Å²) < 4.78 is 4.75. The molecule has 0 radical (unpaired) electrons. The minimum atomic E-state index is -0.912. The molecular formula is C6H10O3S. The van der Waals surface area contributed by atoms with E-state index in [1.165, 1.54) is 11.8 Å². The van der Waals surface area contributed by atoms with Crippen LogP contribution in [0.3, 0.4) is 0 Å². The quantitative estimate of drug-likeness (QED) is 0.483. The lowest BCUT2D eigenvalue weighted by Gasteiger charge is -1.91. The van der Waals surface area contributed by atoms with E-state index in [0.29, 0.717) is 6.61 Å². The van der Waals surface area contributed by atoms with Crippen molar-refractivity contribution in [2.45, 2.75) is 0 Å². The van der Waals surface area contributed by atoms with E-state index in [0.717, 1.165) is 11.8 Å². The highest BCUT2D eigenvalue weighted by atomic mass is 32.2. The maximum Gasteiger partial charge on any atom is 0.328 e. The fraction of sp³-hybridized carbons (Fsp3) is 0.500. The van der Waals surface area contributed by atoms with Crippen molar-refractivity contribution in [1.29, 1.82) is 0 Å². The second-order valence-electron chi connectivity index (χ2n) is 1.50. The third-order valence-corrected chi connectivity index (χ3v) is 1.44. The fourth-order valence-electron chi connectivity index (χ4n) is 0.306. The molecule has 0 aromatic rings. The van der Waals surface area contributed by atoms with Gasteiger partial charge in [0.15, 0.2) is 0 Å². The van der Waals surface area contributed by atoms with E-state index >= 15 is 0 Å². The van der Waals surface area contributed by atoms with Crippen molar-refractivity contribution >= 4 is 17.7 Å². The van der Waals surface area contributed by atoms with Gasteiger partial charge in [-0.1, -0.05) is 0 Å². The largest absolute Gasteiger partial charge is 0.478 e.